The number of carbonyl (C=O) groups is 3. The molecule has 0 aliphatic rings. The summed E-state index contributed by atoms with van der Waals surface area (Å²) in [6.07, 6.45) is 0. The van der Waals surface area contributed by atoms with E-state index in [2.05, 4.69) is 5.32 Å². The number of para-hydroxylation sites is 1. The van der Waals surface area contributed by atoms with Crippen molar-refractivity contribution in [3.05, 3.63) is 59.7 Å². The van der Waals surface area contributed by atoms with Gasteiger partial charge < -0.3 is 19.7 Å². The first-order valence-corrected chi connectivity index (χ1v) is 8.32. The number of anilines is 1. The Bertz CT molecular complexity index is 815. The Morgan fingerprint density at radius 1 is 0.963 bits per heavy atom. The Kier molecular flexibility index (Phi) is 6.93. The fourth-order valence-electron chi connectivity index (χ4n) is 2.19. The Labute approximate surface area is 157 Å². The number of amides is 2. The van der Waals surface area contributed by atoms with Gasteiger partial charge in [0.05, 0.1) is 0 Å². The molecule has 0 radical (unpaired) electrons. The summed E-state index contributed by atoms with van der Waals surface area (Å²) in [7, 11) is 3.32. The van der Waals surface area contributed by atoms with Crippen LogP contribution in [-0.4, -0.2) is 50.0 Å². The van der Waals surface area contributed by atoms with Crippen LogP contribution in [0, 0.1) is 6.92 Å². The van der Waals surface area contributed by atoms with Gasteiger partial charge in [-0.3, -0.25) is 9.59 Å². The minimum atomic E-state index is -0.639. The zero-order valence-electron chi connectivity index (χ0n) is 15.5. The highest BCUT2D eigenvalue weighted by Crippen LogP contribution is 2.16. The molecule has 0 saturated carbocycles. The number of rotatable bonds is 7. The molecule has 27 heavy (non-hydrogen) atoms. The van der Waals surface area contributed by atoms with E-state index in [1.165, 1.54) is 4.90 Å². The molecule has 2 aromatic rings. The highest BCUT2D eigenvalue weighted by molar-refractivity contribution is 5.96. The van der Waals surface area contributed by atoms with Gasteiger partial charge >= 0.3 is 5.97 Å². The van der Waals surface area contributed by atoms with Crippen molar-refractivity contribution in [2.75, 3.05) is 32.6 Å². The van der Waals surface area contributed by atoms with Crippen molar-refractivity contribution in [1.82, 2.24) is 4.90 Å². The Morgan fingerprint density at radius 2 is 1.63 bits per heavy atom. The number of nitrogens with one attached hydrogen (secondary N) is 1. The van der Waals surface area contributed by atoms with Gasteiger partial charge in [0.25, 0.3) is 11.8 Å². The van der Waals surface area contributed by atoms with E-state index in [0.717, 1.165) is 5.56 Å². The van der Waals surface area contributed by atoms with Crippen LogP contribution in [0.2, 0.25) is 0 Å². The average molecular weight is 370 g/mol. The molecule has 2 amide bonds. The van der Waals surface area contributed by atoms with Crippen LogP contribution >= 0.6 is 0 Å². The molecule has 7 nitrogen and oxygen atoms in total. The van der Waals surface area contributed by atoms with Crippen molar-refractivity contribution in [3.63, 3.8) is 0 Å². The van der Waals surface area contributed by atoms with Crippen LogP contribution in [-0.2, 0) is 14.3 Å². The Hall–Kier alpha value is -3.35. The highest BCUT2D eigenvalue weighted by Gasteiger charge is 2.11. The zero-order valence-corrected chi connectivity index (χ0v) is 15.5. The van der Waals surface area contributed by atoms with Crippen LogP contribution < -0.4 is 10.1 Å². The van der Waals surface area contributed by atoms with Gasteiger partial charge in [0.1, 0.15) is 5.75 Å². The molecule has 0 bridgehead atoms. The van der Waals surface area contributed by atoms with E-state index in [0.29, 0.717) is 17.0 Å². The van der Waals surface area contributed by atoms with Gasteiger partial charge in [0, 0.05) is 25.3 Å². The van der Waals surface area contributed by atoms with E-state index < -0.39 is 18.5 Å². The smallest absolute Gasteiger partial charge is 0.344 e. The number of esters is 1. The second-order valence-electron chi connectivity index (χ2n) is 6.04. The number of aryl methyl sites for hydroxylation is 1. The maximum absolute atomic E-state index is 11.9. The van der Waals surface area contributed by atoms with Gasteiger partial charge in [-0.05, 0) is 42.8 Å². The van der Waals surface area contributed by atoms with Gasteiger partial charge in [-0.1, -0.05) is 18.2 Å². The van der Waals surface area contributed by atoms with E-state index in [9.17, 15) is 14.4 Å². The summed E-state index contributed by atoms with van der Waals surface area (Å²) in [5.74, 6) is -0.659. The first-order valence-electron chi connectivity index (χ1n) is 8.32. The van der Waals surface area contributed by atoms with Crippen LogP contribution in [0.3, 0.4) is 0 Å². The summed E-state index contributed by atoms with van der Waals surface area (Å²) in [6, 6.07) is 13.7. The van der Waals surface area contributed by atoms with E-state index in [1.54, 1.807) is 50.5 Å². The van der Waals surface area contributed by atoms with Crippen LogP contribution in [0.5, 0.6) is 5.75 Å². The lowest BCUT2D eigenvalue weighted by molar-refractivity contribution is -0.149. The quantitative estimate of drug-likeness (QED) is 0.756. The minimum absolute atomic E-state index is 0.129. The molecular formula is C20H22N2O5. The van der Waals surface area contributed by atoms with Crippen LogP contribution in [0.15, 0.2) is 48.5 Å². The van der Waals surface area contributed by atoms with Crippen molar-refractivity contribution < 1.29 is 23.9 Å². The standard InChI is InChI=1S/C20H22N2O5/c1-14-6-4-5-7-17(14)26-13-19(24)27-12-18(23)21-16-10-8-15(9-11-16)20(25)22(2)3/h4-11H,12-13H2,1-3H3,(H,21,23). The predicted molar refractivity (Wildman–Crippen MR) is 101 cm³/mol. The summed E-state index contributed by atoms with van der Waals surface area (Å²) in [6.45, 7) is 1.17. The summed E-state index contributed by atoms with van der Waals surface area (Å²) in [4.78, 5) is 36.8. The lowest BCUT2D eigenvalue weighted by Crippen LogP contribution is -2.24. The molecule has 0 saturated heterocycles. The van der Waals surface area contributed by atoms with Crippen molar-refractivity contribution in [3.8, 4) is 5.75 Å². The molecule has 2 rings (SSSR count). The molecule has 7 heteroatoms. The van der Waals surface area contributed by atoms with Gasteiger partial charge in [0.2, 0.25) is 0 Å². The topological polar surface area (TPSA) is 84.9 Å². The summed E-state index contributed by atoms with van der Waals surface area (Å²) in [5, 5.41) is 2.59. The van der Waals surface area contributed by atoms with Crippen molar-refractivity contribution >= 4 is 23.5 Å². The zero-order chi connectivity index (χ0) is 19.8. The lowest BCUT2D eigenvalue weighted by atomic mass is 10.2. The van der Waals surface area contributed by atoms with Crippen molar-refractivity contribution in [1.29, 1.82) is 0 Å². The monoisotopic (exact) mass is 370 g/mol. The number of hydrogen-bond acceptors (Lipinski definition) is 5. The second kappa shape index (κ2) is 9.38. The normalized spacial score (nSPS) is 10.0. The van der Waals surface area contributed by atoms with Crippen LogP contribution in [0.1, 0.15) is 15.9 Å². The Balaban J connectivity index is 1.76. The average Bonchev–Trinajstić information content (AvgIpc) is 2.65. The number of hydrogen-bond donors (Lipinski definition) is 1. The molecule has 0 unspecified atom stereocenters. The lowest BCUT2D eigenvalue weighted by Gasteiger charge is -2.11. The molecule has 0 aliphatic heterocycles. The third-order valence-corrected chi connectivity index (χ3v) is 3.63. The van der Waals surface area contributed by atoms with Gasteiger partial charge in [0.15, 0.2) is 13.2 Å². The molecule has 0 spiro atoms. The molecule has 2 aromatic carbocycles. The Morgan fingerprint density at radius 3 is 2.26 bits per heavy atom. The molecule has 142 valence electrons. The number of carbonyl (C=O) groups excluding carboxylic acids is 3. The minimum Gasteiger partial charge on any atom is -0.482 e. The largest absolute Gasteiger partial charge is 0.482 e. The molecule has 0 fully saturated rings. The maximum Gasteiger partial charge on any atom is 0.344 e. The summed E-state index contributed by atoms with van der Waals surface area (Å²) < 4.78 is 10.3. The second-order valence-corrected chi connectivity index (χ2v) is 6.04. The highest BCUT2D eigenvalue weighted by atomic mass is 16.6. The van der Waals surface area contributed by atoms with Gasteiger partial charge in [-0.25, -0.2) is 4.79 Å². The molecular weight excluding hydrogens is 348 g/mol. The molecule has 0 aliphatic carbocycles. The fourth-order valence-corrected chi connectivity index (χ4v) is 2.19. The third kappa shape index (κ3) is 6.14. The predicted octanol–water partition coefficient (Wildman–Crippen LogP) is 2.26. The van der Waals surface area contributed by atoms with Crippen molar-refractivity contribution in [2.24, 2.45) is 0 Å². The van der Waals surface area contributed by atoms with Crippen LogP contribution in [0.25, 0.3) is 0 Å². The van der Waals surface area contributed by atoms with E-state index in [-0.39, 0.29) is 12.5 Å². The molecule has 1 N–H and O–H groups in total. The summed E-state index contributed by atoms with van der Waals surface area (Å²) >= 11 is 0. The molecule has 0 atom stereocenters. The van der Waals surface area contributed by atoms with Crippen LogP contribution in [0.4, 0.5) is 5.69 Å². The molecule has 0 heterocycles. The third-order valence-electron chi connectivity index (χ3n) is 3.63. The first kappa shape index (κ1) is 20.0. The first-order chi connectivity index (χ1) is 12.9. The maximum atomic E-state index is 11.9. The summed E-state index contributed by atoms with van der Waals surface area (Å²) in [5.41, 5.74) is 1.92. The van der Waals surface area contributed by atoms with E-state index in [4.69, 9.17) is 9.47 Å². The van der Waals surface area contributed by atoms with E-state index in [1.807, 2.05) is 19.1 Å². The van der Waals surface area contributed by atoms with Gasteiger partial charge in [-0.2, -0.15) is 0 Å². The van der Waals surface area contributed by atoms with E-state index >= 15 is 0 Å². The van der Waals surface area contributed by atoms with Gasteiger partial charge in [-0.15, -0.1) is 0 Å². The number of nitrogens with zero attached hydrogens (tertiary/aromatic N) is 1. The number of ether oxygens (including phenoxy) is 2. The SMILES string of the molecule is Cc1ccccc1OCC(=O)OCC(=O)Nc1ccc(C(=O)N(C)C)cc1. The fraction of sp³-hybridized carbons (Fsp3) is 0.250. The number of benzene rings is 2. The molecule has 0 aromatic heterocycles. The van der Waals surface area contributed by atoms with Crippen molar-refractivity contribution in [2.45, 2.75) is 6.92 Å².